The van der Waals surface area contributed by atoms with Gasteiger partial charge < -0.3 is 9.84 Å². The van der Waals surface area contributed by atoms with Crippen molar-refractivity contribution in [3.8, 4) is 0 Å². The van der Waals surface area contributed by atoms with Crippen LogP contribution in [0.5, 0.6) is 0 Å². The van der Waals surface area contributed by atoms with E-state index in [0.717, 1.165) is 22.6 Å². The lowest BCUT2D eigenvalue weighted by Gasteiger charge is -2.06. The summed E-state index contributed by atoms with van der Waals surface area (Å²) in [5.74, 6) is 0.611. The zero-order chi connectivity index (χ0) is 12.3. The predicted octanol–water partition coefficient (Wildman–Crippen LogP) is 2.72. The lowest BCUT2D eigenvalue weighted by molar-refractivity contribution is 0.369. The van der Waals surface area contributed by atoms with Crippen LogP contribution in [0.4, 0.5) is 4.39 Å². The molecule has 1 aromatic carbocycles. The van der Waals surface area contributed by atoms with Crippen molar-refractivity contribution < 1.29 is 8.91 Å². The van der Waals surface area contributed by atoms with E-state index >= 15 is 0 Å². The maximum absolute atomic E-state index is 12.9. The first-order valence-electron chi connectivity index (χ1n) is 5.53. The van der Waals surface area contributed by atoms with E-state index < -0.39 is 0 Å². The van der Waals surface area contributed by atoms with E-state index in [2.05, 4.69) is 10.5 Å². The third-order valence-corrected chi connectivity index (χ3v) is 2.60. The van der Waals surface area contributed by atoms with Crippen molar-refractivity contribution in [2.45, 2.75) is 26.9 Å². The molecule has 0 aliphatic rings. The number of aryl methyl sites for hydroxylation is 2. The number of halogens is 1. The molecule has 1 heterocycles. The summed E-state index contributed by atoms with van der Waals surface area (Å²) in [6.07, 6.45) is 0. The maximum atomic E-state index is 12.9. The Kier molecular flexibility index (Phi) is 3.54. The highest BCUT2D eigenvalue weighted by atomic mass is 19.1. The fourth-order valence-corrected chi connectivity index (χ4v) is 1.68. The zero-order valence-electron chi connectivity index (χ0n) is 9.96. The first-order chi connectivity index (χ1) is 8.15. The Balaban J connectivity index is 1.90. The summed E-state index contributed by atoms with van der Waals surface area (Å²) in [6.45, 7) is 5.10. The minimum atomic E-state index is -0.197. The van der Waals surface area contributed by atoms with Crippen molar-refractivity contribution in [1.29, 1.82) is 0 Å². The molecular weight excluding hydrogens is 219 g/mol. The third kappa shape index (κ3) is 3.14. The van der Waals surface area contributed by atoms with Gasteiger partial charge in [-0.15, -0.1) is 0 Å². The van der Waals surface area contributed by atoms with Gasteiger partial charge in [0.2, 0.25) is 0 Å². The van der Waals surface area contributed by atoms with E-state index in [1.165, 1.54) is 12.1 Å². The van der Waals surface area contributed by atoms with E-state index in [-0.39, 0.29) is 5.82 Å². The number of hydrogen-bond acceptors (Lipinski definition) is 3. The Morgan fingerprint density at radius 1 is 1.24 bits per heavy atom. The second kappa shape index (κ2) is 5.10. The number of benzene rings is 1. The molecule has 1 aromatic heterocycles. The van der Waals surface area contributed by atoms with Gasteiger partial charge in [0, 0.05) is 12.6 Å². The monoisotopic (exact) mass is 234 g/mol. The molecule has 2 aromatic rings. The molecule has 0 amide bonds. The Bertz CT molecular complexity index is 508. The van der Waals surface area contributed by atoms with Crippen LogP contribution in [0.1, 0.15) is 22.6 Å². The summed E-state index contributed by atoms with van der Waals surface area (Å²) >= 11 is 0. The molecule has 4 heteroatoms. The van der Waals surface area contributed by atoms with Crippen molar-refractivity contribution in [2.75, 3.05) is 0 Å². The van der Waals surface area contributed by atoms with Crippen LogP contribution in [0.25, 0.3) is 0 Å². The van der Waals surface area contributed by atoms with Crippen molar-refractivity contribution in [1.82, 2.24) is 10.5 Å². The van der Waals surface area contributed by atoms with Gasteiger partial charge in [-0.05, 0) is 37.1 Å². The molecule has 0 bridgehead atoms. The van der Waals surface area contributed by atoms with Crippen LogP contribution in [-0.4, -0.2) is 5.16 Å². The highest BCUT2D eigenvalue weighted by molar-refractivity contribution is 5.26. The molecule has 17 heavy (non-hydrogen) atoms. The zero-order valence-corrected chi connectivity index (χ0v) is 9.96. The standard InChI is InChI=1S/C13H15FN2O/c1-9-5-12(14)4-3-11(9)7-15-8-13-6-10(2)16-17-13/h3-6,15H,7-8H2,1-2H3. The fraction of sp³-hybridized carbons (Fsp3) is 0.308. The van der Waals surface area contributed by atoms with Crippen LogP contribution >= 0.6 is 0 Å². The van der Waals surface area contributed by atoms with Crippen LogP contribution < -0.4 is 5.32 Å². The molecule has 0 unspecified atom stereocenters. The minimum Gasteiger partial charge on any atom is -0.360 e. The molecule has 0 fully saturated rings. The SMILES string of the molecule is Cc1cc(CNCc2ccc(F)cc2C)on1. The molecule has 0 radical (unpaired) electrons. The molecule has 90 valence electrons. The maximum Gasteiger partial charge on any atom is 0.150 e. The Morgan fingerprint density at radius 2 is 2.06 bits per heavy atom. The third-order valence-electron chi connectivity index (χ3n) is 2.60. The topological polar surface area (TPSA) is 38.1 Å². The minimum absolute atomic E-state index is 0.197. The van der Waals surface area contributed by atoms with Gasteiger partial charge in [0.1, 0.15) is 5.82 Å². The first-order valence-corrected chi connectivity index (χ1v) is 5.53. The molecule has 0 aliphatic carbocycles. The predicted molar refractivity (Wildman–Crippen MR) is 62.9 cm³/mol. The molecule has 2 rings (SSSR count). The van der Waals surface area contributed by atoms with Gasteiger partial charge in [-0.3, -0.25) is 0 Å². The lowest BCUT2D eigenvalue weighted by Crippen LogP contribution is -2.13. The highest BCUT2D eigenvalue weighted by Gasteiger charge is 2.02. The number of nitrogens with one attached hydrogen (secondary N) is 1. The average Bonchev–Trinajstić information content (AvgIpc) is 2.68. The van der Waals surface area contributed by atoms with E-state index in [0.29, 0.717) is 13.1 Å². The van der Waals surface area contributed by atoms with Gasteiger partial charge in [0.25, 0.3) is 0 Å². The molecule has 1 N–H and O–H groups in total. The van der Waals surface area contributed by atoms with Gasteiger partial charge in [-0.1, -0.05) is 11.2 Å². The average molecular weight is 234 g/mol. The van der Waals surface area contributed by atoms with Gasteiger partial charge >= 0.3 is 0 Å². The summed E-state index contributed by atoms with van der Waals surface area (Å²) in [4.78, 5) is 0. The van der Waals surface area contributed by atoms with Crippen molar-refractivity contribution in [3.63, 3.8) is 0 Å². The summed E-state index contributed by atoms with van der Waals surface area (Å²) < 4.78 is 18.0. The first kappa shape index (κ1) is 11.8. The van der Waals surface area contributed by atoms with Gasteiger partial charge in [0.05, 0.1) is 12.2 Å². The van der Waals surface area contributed by atoms with Crippen molar-refractivity contribution in [3.05, 3.63) is 52.7 Å². The van der Waals surface area contributed by atoms with E-state index in [9.17, 15) is 4.39 Å². The number of rotatable bonds is 4. The molecule has 0 atom stereocenters. The molecule has 0 aliphatic heterocycles. The molecule has 0 saturated carbocycles. The Labute approximate surface area is 99.6 Å². The summed E-state index contributed by atoms with van der Waals surface area (Å²) in [5.41, 5.74) is 2.91. The van der Waals surface area contributed by atoms with Crippen LogP contribution in [0.15, 0.2) is 28.8 Å². The molecular formula is C13H15FN2O. The second-order valence-electron chi connectivity index (χ2n) is 4.11. The Morgan fingerprint density at radius 3 is 2.71 bits per heavy atom. The van der Waals surface area contributed by atoms with Crippen LogP contribution in [0.3, 0.4) is 0 Å². The highest BCUT2D eigenvalue weighted by Crippen LogP contribution is 2.10. The lowest BCUT2D eigenvalue weighted by atomic mass is 10.1. The largest absolute Gasteiger partial charge is 0.360 e. The fourth-order valence-electron chi connectivity index (χ4n) is 1.68. The molecule has 3 nitrogen and oxygen atoms in total. The quantitative estimate of drug-likeness (QED) is 0.883. The second-order valence-corrected chi connectivity index (χ2v) is 4.11. The summed E-state index contributed by atoms with van der Waals surface area (Å²) in [7, 11) is 0. The smallest absolute Gasteiger partial charge is 0.150 e. The van der Waals surface area contributed by atoms with Crippen molar-refractivity contribution >= 4 is 0 Å². The van der Waals surface area contributed by atoms with E-state index in [4.69, 9.17) is 4.52 Å². The normalized spacial score (nSPS) is 10.8. The summed E-state index contributed by atoms with van der Waals surface area (Å²) in [6, 6.07) is 6.70. The Hall–Kier alpha value is -1.68. The van der Waals surface area contributed by atoms with E-state index in [1.807, 2.05) is 19.9 Å². The number of aromatic nitrogens is 1. The summed E-state index contributed by atoms with van der Waals surface area (Å²) in [5, 5.41) is 7.04. The molecule has 0 spiro atoms. The van der Waals surface area contributed by atoms with Gasteiger partial charge in [-0.25, -0.2) is 4.39 Å². The van der Waals surface area contributed by atoms with Gasteiger partial charge in [-0.2, -0.15) is 0 Å². The number of nitrogens with zero attached hydrogens (tertiary/aromatic N) is 1. The number of hydrogen-bond donors (Lipinski definition) is 1. The molecule has 0 saturated heterocycles. The van der Waals surface area contributed by atoms with Crippen molar-refractivity contribution in [2.24, 2.45) is 0 Å². The van der Waals surface area contributed by atoms with E-state index in [1.54, 1.807) is 6.07 Å². The van der Waals surface area contributed by atoms with Crippen LogP contribution in [-0.2, 0) is 13.1 Å². The van der Waals surface area contributed by atoms with Crippen LogP contribution in [0, 0.1) is 19.7 Å². The van der Waals surface area contributed by atoms with Gasteiger partial charge in [0.15, 0.2) is 5.76 Å². The van der Waals surface area contributed by atoms with Crippen LogP contribution in [0.2, 0.25) is 0 Å².